The Morgan fingerprint density at radius 2 is 1.76 bits per heavy atom. The maximum atomic E-state index is 5.65. The highest BCUT2D eigenvalue weighted by atomic mass is 16.6. The topological polar surface area (TPSA) is 44.5 Å². The lowest BCUT2D eigenvalue weighted by atomic mass is 10.2. The van der Waals surface area contributed by atoms with Gasteiger partial charge in [0.25, 0.3) is 0 Å². The fourth-order valence-electron chi connectivity index (χ4n) is 1.51. The molecule has 17 heavy (non-hydrogen) atoms. The van der Waals surface area contributed by atoms with E-state index >= 15 is 0 Å². The fraction of sp³-hybridized carbons (Fsp3) is 0.143. The van der Waals surface area contributed by atoms with Gasteiger partial charge in [-0.3, -0.25) is 0 Å². The maximum absolute atomic E-state index is 5.65. The molecule has 0 amide bonds. The van der Waals surface area contributed by atoms with Gasteiger partial charge in [-0.05, 0) is 36.8 Å². The molecule has 0 saturated carbocycles. The lowest BCUT2D eigenvalue weighted by molar-refractivity contribution is 0.302. The number of benzene rings is 2. The number of nitrogens with two attached hydrogens (primary N) is 1. The van der Waals surface area contributed by atoms with Gasteiger partial charge >= 0.3 is 0 Å². The average molecular weight is 229 g/mol. The van der Waals surface area contributed by atoms with E-state index in [1.165, 1.54) is 5.56 Å². The first-order valence-corrected chi connectivity index (χ1v) is 5.43. The molecule has 0 unspecified atom stereocenters. The molecular formula is C14H15NO2. The summed E-state index contributed by atoms with van der Waals surface area (Å²) in [7, 11) is 0. The van der Waals surface area contributed by atoms with E-state index in [0.717, 1.165) is 11.3 Å². The van der Waals surface area contributed by atoms with Crippen molar-refractivity contribution < 1.29 is 9.57 Å². The summed E-state index contributed by atoms with van der Waals surface area (Å²) >= 11 is 0. The van der Waals surface area contributed by atoms with Gasteiger partial charge in [0.2, 0.25) is 0 Å². The summed E-state index contributed by atoms with van der Waals surface area (Å²) in [5, 5.41) is 0. The number of rotatable bonds is 4. The summed E-state index contributed by atoms with van der Waals surface area (Å²) in [6, 6.07) is 15.5. The molecule has 0 aliphatic rings. The molecule has 0 aliphatic heterocycles. The minimum Gasteiger partial charge on any atom is -0.489 e. The molecule has 0 atom stereocenters. The van der Waals surface area contributed by atoms with Crippen LogP contribution in [0.2, 0.25) is 0 Å². The highest BCUT2D eigenvalue weighted by molar-refractivity contribution is 5.29. The van der Waals surface area contributed by atoms with Crippen LogP contribution in [0.4, 0.5) is 0 Å². The van der Waals surface area contributed by atoms with E-state index in [9.17, 15) is 0 Å². The van der Waals surface area contributed by atoms with E-state index in [2.05, 4.69) is 4.84 Å². The maximum Gasteiger partial charge on any atom is 0.147 e. The third-order valence-corrected chi connectivity index (χ3v) is 2.46. The summed E-state index contributed by atoms with van der Waals surface area (Å²) in [6.07, 6.45) is 0. The van der Waals surface area contributed by atoms with E-state index in [-0.39, 0.29) is 0 Å². The van der Waals surface area contributed by atoms with Crippen LogP contribution in [0.15, 0.2) is 48.5 Å². The lowest BCUT2D eigenvalue weighted by Crippen LogP contribution is -2.02. The molecule has 0 bridgehead atoms. The van der Waals surface area contributed by atoms with Crippen LogP contribution < -0.4 is 15.5 Å². The van der Waals surface area contributed by atoms with Gasteiger partial charge in [0.15, 0.2) is 0 Å². The monoisotopic (exact) mass is 229 g/mol. The van der Waals surface area contributed by atoms with Gasteiger partial charge in [-0.25, -0.2) is 0 Å². The Morgan fingerprint density at radius 1 is 1.00 bits per heavy atom. The van der Waals surface area contributed by atoms with Crippen LogP contribution in [0.3, 0.4) is 0 Å². The third kappa shape index (κ3) is 3.23. The van der Waals surface area contributed by atoms with Crippen molar-refractivity contribution in [2.75, 3.05) is 0 Å². The van der Waals surface area contributed by atoms with E-state index in [4.69, 9.17) is 10.6 Å². The molecule has 0 heterocycles. The normalized spacial score (nSPS) is 10.0. The van der Waals surface area contributed by atoms with Crippen LogP contribution in [0.5, 0.6) is 11.5 Å². The van der Waals surface area contributed by atoms with Crippen LogP contribution in [0.25, 0.3) is 0 Å². The van der Waals surface area contributed by atoms with Crippen molar-refractivity contribution in [3.63, 3.8) is 0 Å². The Hall–Kier alpha value is -2.00. The molecule has 2 aromatic rings. The molecule has 3 heteroatoms. The van der Waals surface area contributed by atoms with Crippen molar-refractivity contribution in [3.05, 3.63) is 59.7 Å². The minimum atomic E-state index is 0.500. The van der Waals surface area contributed by atoms with Gasteiger partial charge in [-0.15, -0.1) is 0 Å². The van der Waals surface area contributed by atoms with E-state index in [1.807, 2.05) is 49.4 Å². The largest absolute Gasteiger partial charge is 0.489 e. The Labute approximate surface area is 101 Å². The smallest absolute Gasteiger partial charge is 0.147 e. The molecule has 3 nitrogen and oxygen atoms in total. The van der Waals surface area contributed by atoms with Gasteiger partial charge < -0.3 is 9.57 Å². The molecule has 2 aromatic carbocycles. The van der Waals surface area contributed by atoms with Crippen molar-refractivity contribution in [1.29, 1.82) is 0 Å². The van der Waals surface area contributed by atoms with Crippen LogP contribution in [0, 0.1) is 6.92 Å². The van der Waals surface area contributed by atoms with Crippen molar-refractivity contribution in [2.24, 2.45) is 5.90 Å². The predicted octanol–water partition coefficient (Wildman–Crippen LogP) is 2.83. The van der Waals surface area contributed by atoms with Crippen molar-refractivity contribution >= 4 is 0 Å². The minimum absolute atomic E-state index is 0.500. The quantitative estimate of drug-likeness (QED) is 0.820. The second kappa shape index (κ2) is 5.37. The zero-order chi connectivity index (χ0) is 12.1. The lowest BCUT2D eigenvalue weighted by Gasteiger charge is -2.07. The third-order valence-electron chi connectivity index (χ3n) is 2.46. The van der Waals surface area contributed by atoms with Crippen LogP contribution in [-0.4, -0.2) is 0 Å². The van der Waals surface area contributed by atoms with E-state index in [1.54, 1.807) is 6.07 Å². The fourth-order valence-corrected chi connectivity index (χ4v) is 1.51. The highest BCUT2D eigenvalue weighted by Gasteiger charge is 1.98. The molecule has 88 valence electrons. The standard InChI is InChI=1S/C14H15NO2/c1-11-5-7-13(8-6-11)16-10-12-3-2-4-14(9-12)17-15/h2-9H,10,15H2,1H3. The Balaban J connectivity index is 1.99. The van der Waals surface area contributed by atoms with Crippen LogP contribution >= 0.6 is 0 Å². The summed E-state index contributed by atoms with van der Waals surface area (Å²) in [4.78, 5) is 4.67. The van der Waals surface area contributed by atoms with Crippen LogP contribution in [-0.2, 0) is 6.61 Å². The summed E-state index contributed by atoms with van der Waals surface area (Å²) in [5.74, 6) is 6.59. The molecule has 2 rings (SSSR count). The van der Waals surface area contributed by atoms with Gasteiger partial charge in [0, 0.05) is 0 Å². The zero-order valence-electron chi connectivity index (χ0n) is 9.72. The molecule has 2 N–H and O–H groups in total. The number of hydrogen-bond donors (Lipinski definition) is 1. The first-order valence-electron chi connectivity index (χ1n) is 5.43. The number of hydrogen-bond acceptors (Lipinski definition) is 3. The Morgan fingerprint density at radius 3 is 2.47 bits per heavy atom. The molecular weight excluding hydrogens is 214 g/mol. The SMILES string of the molecule is Cc1ccc(OCc2cccc(ON)c2)cc1. The molecule has 0 spiro atoms. The highest BCUT2D eigenvalue weighted by Crippen LogP contribution is 2.16. The van der Waals surface area contributed by atoms with Gasteiger partial charge in [-0.2, -0.15) is 5.90 Å². The average Bonchev–Trinajstić information content (AvgIpc) is 2.38. The predicted molar refractivity (Wildman–Crippen MR) is 66.8 cm³/mol. The second-order valence-corrected chi connectivity index (χ2v) is 3.87. The molecule has 0 fully saturated rings. The molecule has 0 aliphatic carbocycles. The zero-order valence-corrected chi connectivity index (χ0v) is 9.72. The van der Waals surface area contributed by atoms with Crippen LogP contribution in [0.1, 0.15) is 11.1 Å². The van der Waals surface area contributed by atoms with E-state index < -0.39 is 0 Å². The summed E-state index contributed by atoms with van der Waals surface area (Å²) < 4.78 is 5.65. The number of ether oxygens (including phenoxy) is 1. The summed E-state index contributed by atoms with van der Waals surface area (Å²) in [6.45, 7) is 2.55. The van der Waals surface area contributed by atoms with Crippen molar-refractivity contribution in [2.45, 2.75) is 13.5 Å². The van der Waals surface area contributed by atoms with Gasteiger partial charge in [0.05, 0.1) is 0 Å². The number of aryl methyl sites for hydroxylation is 1. The van der Waals surface area contributed by atoms with Crippen molar-refractivity contribution in [1.82, 2.24) is 0 Å². The molecule has 0 saturated heterocycles. The van der Waals surface area contributed by atoms with E-state index in [0.29, 0.717) is 12.4 Å². The second-order valence-electron chi connectivity index (χ2n) is 3.87. The Kier molecular flexibility index (Phi) is 3.62. The summed E-state index contributed by atoms with van der Waals surface area (Å²) in [5.41, 5.74) is 2.24. The molecule has 0 radical (unpaired) electrons. The van der Waals surface area contributed by atoms with Crippen molar-refractivity contribution in [3.8, 4) is 11.5 Å². The first-order chi connectivity index (χ1) is 8.28. The first kappa shape index (κ1) is 11.5. The van der Waals surface area contributed by atoms with Gasteiger partial charge in [0.1, 0.15) is 18.1 Å². The van der Waals surface area contributed by atoms with Gasteiger partial charge in [-0.1, -0.05) is 29.8 Å². The molecule has 0 aromatic heterocycles. The Bertz CT molecular complexity index is 480.